The normalized spacial score (nSPS) is 31.9. The van der Waals surface area contributed by atoms with Crippen LogP contribution in [0.3, 0.4) is 0 Å². The quantitative estimate of drug-likeness (QED) is 0.524. The van der Waals surface area contributed by atoms with E-state index in [9.17, 15) is 9.59 Å². The summed E-state index contributed by atoms with van der Waals surface area (Å²) >= 11 is 7.09. The van der Waals surface area contributed by atoms with E-state index in [0.717, 1.165) is 0 Å². The number of nitrogens with zero attached hydrogens (tertiary/aromatic N) is 1. The number of halogens is 1. The first-order valence-electron chi connectivity index (χ1n) is 3.65. The zero-order chi connectivity index (χ0) is 9.59. The van der Waals surface area contributed by atoms with Crippen LogP contribution in [0, 0.1) is 0 Å². The zero-order valence-electron chi connectivity index (χ0n) is 6.44. The number of hydrogen-bond donors (Lipinski definition) is 1. The number of carboxylic acids is 1. The predicted molar refractivity (Wildman–Crippen MR) is 48.2 cm³/mol. The Kier molecular flexibility index (Phi) is 2.00. The molecule has 0 aliphatic carbocycles. The van der Waals surface area contributed by atoms with Crippen LogP contribution in [0.4, 0.5) is 0 Å². The van der Waals surface area contributed by atoms with Crippen LogP contribution in [0.5, 0.6) is 0 Å². The van der Waals surface area contributed by atoms with Crippen molar-refractivity contribution in [2.45, 2.75) is 16.5 Å². The summed E-state index contributed by atoms with van der Waals surface area (Å²) in [6, 6.07) is 0. The summed E-state index contributed by atoms with van der Waals surface area (Å²) in [5.74, 6) is -1.11. The molecule has 2 aliphatic rings. The lowest BCUT2D eigenvalue weighted by Crippen LogP contribution is -2.50. The zero-order valence-corrected chi connectivity index (χ0v) is 8.01. The fourth-order valence-electron chi connectivity index (χ4n) is 1.24. The number of carbonyl (C=O) groups excluding carboxylic acids is 1. The van der Waals surface area contributed by atoms with E-state index >= 15 is 0 Å². The minimum Gasteiger partial charge on any atom is -0.478 e. The lowest BCUT2D eigenvalue weighted by atomic mass is 10.2. The lowest BCUT2D eigenvalue weighted by Gasteiger charge is -2.41. The number of amides is 1. The van der Waals surface area contributed by atoms with Crippen LogP contribution in [-0.2, 0) is 9.59 Å². The maximum absolute atomic E-state index is 11.0. The van der Waals surface area contributed by atoms with Crippen LogP contribution in [0.1, 0.15) is 6.42 Å². The first-order valence-corrected chi connectivity index (χ1v) is 5.03. The number of aliphatic carboxylic acids is 1. The Balaban J connectivity index is 2.26. The molecule has 0 aromatic heterocycles. The van der Waals surface area contributed by atoms with Gasteiger partial charge in [0, 0.05) is 6.20 Å². The van der Waals surface area contributed by atoms with E-state index in [1.807, 2.05) is 0 Å². The summed E-state index contributed by atoms with van der Waals surface area (Å²) < 4.78 is -0.549. The first kappa shape index (κ1) is 8.90. The van der Waals surface area contributed by atoms with Crippen molar-refractivity contribution in [1.82, 2.24) is 4.90 Å². The number of hydrogen-bond acceptors (Lipinski definition) is 3. The lowest BCUT2D eigenvalue weighted by molar-refractivity contribution is -0.137. The topological polar surface area (TPSA) is 57.6 Å². The number of thioether (sulfide) groups is 1. The molecule has 0 spiro atoms. The van der Waals surface area contributed by atoms with E-state index in [0.29, 0.717) is 6.42 Å². The standard InChI is InChI=1S/C7H6ClNO3S/c8-6-3(7(11)12)2-9-4(10)1-5(9)13-6/h2,5-6H,1H2,(H,11,12)/t5-,6?/m1/s1. The summed E-state index contributed by atoms with van der Waals surface area (Å²) in [7, 11) is 0. The Labute approximate surface area is 83.5 Å². The van der Waals surface area contributed by atoms with Crippen molar-refractivity contribution >= 4 is 35.2 Å². The number of β-lactam (4-membered cyclic amide) rings is 1. The van der Waals surface area contributed by atoms with Crippen molar-refractivity contribution in [2.24, 2.45) is 0 Å². The van der Waals surface area contributed by atoms with Gasteiger partial charge < -0.3 is 10.0 Å². The molecule has 6 heteroatoms. The molecule has 0 radical (unpaired) electrons. The SMILES string of the molecule is O=C(O)C1=CN2C(=O)C[C@H]2SC1Cl. The fourth-order valence-corrected chi connectivity index (χ4v) is 2.88. The molecular weight excluding hydrogens is 214 g/mol. The fraction of sp³-hybridized carbons (Fsp3) is 0.429. The van der Waals surface area contributed by atoms with Gasteiger partial charge in [-0.3, -0.25) is 4.79 Å². The molecule has 1 N–H and O–H groups in total. The Morgan fingerprint density at radius 2 is 2.46 bits per heavy atom. The summed E-state index contributed by atoms with van der Waals surface area (Å²) in [6.45, 7) is 0. The van der Waals surface area contributed by atoms with E-state index < -0.39 is 10.7 Å². The third-order valence-corrected chi connectivity index (χ3v) is 3.74. The van der Waals surface area contributed by atoms with E-state index in [-0.39, 0.29) is 16.9 Å². The van der Waals surface area contributed by atoms with Crippen molar-refractivity contribution in [3.8, 4) is 0 Å². The van der Waals surface area contributed by atoms with Gasteiger partial charge >= 0.3 is 5.97 Å². The van der Waals surface area contributed by atoms with E-state index in [1.54, 1.807) is 0 Å². The number of alkyl halides is 1. The molecular formula is C7H6ClNO3S. The number of carboxylic acid groups (broad SMARTS) is 1. The van der Waals surface area contributed by atoms with Crippen LogP contribution in [0.2, 0.25) is 0 Å². The third kappa shape index (κ3) is 1.32. The minimum atomic E-state index is -1.06. The van der Waals surface area contributed by atoms with Gasteiger partial charge in [0.1, 0.15) is 4.71 Å². The highest BCUT2D eigenvalue weighted by atomic mass is 35.5. The molecule has 4 nitrogen and oxygen atoms in total. The largest absolute Gasteiger partial charge is 0.478 e. The second-order valence-corrected chi connectivity index (χ2v) is 4.78. The minimum absolute atomic E-state index is 0.0399. The summed E-state index contributed by atoms with van der Waals surface area (Å²) in [5.41, 5.74) is 0.0796. The van der Waals surface area contributed by atoms with Gasteiger partial charge in [-0.25, -0.2) is 4.79 Å². The molecule has 0 saturated carbocycles. The van der Waals surface area contributed by atoms with Crippen LogP contribution in [-0.4, -0.2) is 32.0 Å². The van der Waals surface area contributed by atoms with E-state index in [4.69, 9.17) is 16.7 Å². The van der Waals surface area contributed by atoms with Crippen molar-refractivity contribution < 1.29 is 14.7 Å². The molecule has 0 aromatic carbocycles. The highest BCUT2D eigenvalue weighted by molar-refractivity contribution is 8.02. The monoisotopic (exact) mass is 219 g/mol. The Morgan fingerprint density at radius 1 is 1.77 bits per heavy atom. The summed E-state index contributed by atoms with van der Waals surface area (Å²) in [6.07, 6.45) is 1.80. The van der Waals surface area contributed by atoms with Gasteiger partial charge in [-0.2, -0.15) is 0 Å². The van der Waals surface area contributed by atoms with Crippen LogP contribution in [0.25, 0.3) is 0 Å². The molecule has 2 atom stereocenters. The molecule has 2 rings (SSSR count). The van der Waals surface area contributed by atoms with Gasteiger partial charge in [-0.05, 0) is 0 Å². The van der Waals surface area contributed by atoms with E-state index in [2.05, 4.69) is 0 Å². The molecule has 2 aliphatic heterocycles. The number of fused-ring (bicyclic) bond motifs is 1. The highest BCUT2D eigenvalue weighted by Crippen LogP contribution is 2.41. The van der Waals surface area contributed by atoms with Gasteiger partial charge in [-0.1, -0.05) is 0 Å². The molecule has 70 valence electrons. The van der Waals surface area contributed by atoms with Crippen LogP contribution in [0.15, 0.2) is 11.8 Å². The molecule has 1 amide bonds. The highest BCUT2D eigenvalue weighted by Gasteiger charge is 2.42. The molecule has 13 heavy (non-hydrogen) atoms. The Hall–Kier alpha value is -0.680. The third-order valence-electron chi connectivity index (χ3n) is 1.99. The molecule has 1 fully saturated rings. The average Bonchev–Trinajstić information content (AvgIpc) is 2.02. The Morgan fingerprint density at radius 3 is 3.00 bits per heavy atom. The molecule has 1 unspecified atom stereocenters. The second kappa shape index (κ2) is 2.92. The number of rotatable bonds is 1. The number of carbonyl (C=O) groups is 2. The van der Waals surface area contributed by atoms with Gasteiger partial charge in [0.05, 0.1) is 17.4 Å². The summed E-state index contributed by atoms with van der Waals surface area (Å²) in [5, 5.41) is 8.76. The smallest absolute Gasteiger partial charge is 0.335 e. The van der Waals surface area contributed by atoms with Gasteiger partial charge in [0.25, 0.3) is 0 Å². The summed E-state index contributed by atoms with van der Waals surface area (Å²) in [4.78, 5) is 23.0. The van der Waals surface area contributed by atoms with Crippen molar-refractivity contribution in [3.63, 3.8) is 0 Å². The van der Waals surface area contributed by atoms with Crippen molar-refractivity contribution in [1.29, 1.82) is 0 Å². The molecule has 2 heterocycles. The molecule has 0 aromatic rings. The molecule has 0 bridgehead atoms. The molecule has 1 saturated heterocycles. The first-order chi connectivity index (χ1) is 6.09. The average molecular weight is 220 g/mol. The van der Waals surface area contributed by atoms with Crippen molar-refractivity contribution in [2.75, 3.05) is 0 Å². The predicted octanol–water partition coefficient (Wildman–Crippen LogP) is 0.825. The Bertz CT molecular complexity index is 317. The van der Waals surface area contributed by atoms with Gasteiger partial charge in [0.2, 0.25) is 5.91 Å². The van der Waals surface area contributed by atoms with E-state index in [1.165, 1.54) is 22.9 Å². The van der Waals surface area contributed by atoms with Gasteiger partial charge in [-0.15, -0.1) is 23.4 Å². The maximum atomic E-state index is 11.0. The van der Waals surface area contributed by atoms with Gasteiger partial charge in [0.15, 0.2) is 0 Å². The maximum Gasteiger partial charge on any atom is 0.335 e. The second-order valence-electron chi connectivity index (χ2n) is 2.80. The van der Waals surface area contributed by atoms with Crippen LogP contribution < -0.4 is 0 Å². The van der Waals surface area contributed by atoms with Crippen molar-refractivity contribution in [3.05, 3.63) is 11.8 Å². The van der Waals surface area contributed by atoms with Crippen LogP contribution >= 0.6 is 23.4 Å².